The van der Waals surface area contributed by atoms with Crippen LogP contribution in [0.5, 0.6) is 0 Å². The molecule has 4 aromatic rings. The van der Waals surface area contributed by atoms with E-state index >= 15 is 0 Å². The number of hydrogen-bond acceptors (Lipinski definition) is 8. The minimum atomic E-state index is -0.815. The molecule has 0 aliphatic rings. The third kappa shape index (κ3) is 8.67. The molecular weight excluding hydrogens is 512 g/mol. The summed E-state index contributed by atoms with van der Waals surface area (Å²) < 4.78 is 15.6. The number of nitrogens with zero attached hydrogens (tertiary/aromatic N) is 1. The van der Waals surface area contributed by atoms with E-state index < -0.39 is 18.2 Å². The van der Waals surface area contributed by atoms with Gasteiger partial charge in [0.05, 0.1) is 18.0 Å². The molecule has 10 nitrogen and oxygen atoms in total. The first kappa shape index (κ1) is 27.8. The molecule has 0 spiro atoms. The molecule has 4 N–H and O–H groups in total. The summed E-state index contributed by atoms with van der Waals surface area (Å²) >= 11 is 0. The molecule has 40 heavy (non-hydrogen) atoms. The van der Waals surface area contributed by atoms with Crippen LogP contribution in [0.2, 0.25) is 0 Å². The van der Waals surface area contributed by atoms with Crippen molar-refractivity contribution in [1.82, 2.24) is 10.6 Å². The molecule has 4 rings (SSSR count). The minimum Gasteiger partial charge on any atom is -0.461 e. The van der Waals surface area contributed by atoms with Crippen molar-refractivity contribution in [3.63, 3.8) is 0 Å². The van der Waals surface area contributed by atoms with E-state index in [-0.39, 0.29) is 37.1 Å². The van der Waals surface area contributed by atoms with Crippen molar-refractivity contribution in [2.24, 2.45) is 10.7 Å². The van der Waals surface area contributed by atoms with Gasteiger partial charge in [-0.25, -0.2) is 14.6 Å². The summed E-state index contributed by atoms with van der Waals surface area (Å²) in [6.45, 7) is 0.0637. The molecule has 0 fully saturated rings. The van der Waals surface area contributed by atoms with Gasteiger partial charge in [0, 0.05) is 0 Å². The lowest BCUT2D eigenvalue weighted by Gasteiger charge is -2.12. The quantitative estimate of drug-likeness (QED) is 0.156. The fourth-order valence-corrected chi connectivity index (χ4v) is 3.58. The van der Waals surface area contributed by atoms with Gasteiger partial charge in [-0.15, -0.1) is 0 Å². The monoisotopic (exact) mass is 540 g/mol. The zero-order chi connectivity index (χ0) is 28.2. The van der Waals surface area contributed by atoms with Crippen molar-refractivity contribution in [2.75, 3.05) is 0 Å². The molecule has 204 valence electrons. The van der Waals surface area contributed by atoms with Gasteiger partial charge in [-0.2, -0.15) is 0 Å². The van der Waals surface area contributed by atoms with E-state index in [1.165, 1.54) is 6.26 Å². The number of carbonyl (C=O) groups is 3. The van der Waals surface area contributed by atoms with Crippen LogP contribution in [0, 0.1) is 0 Å². The average Bonchev–Trinajstić information content (AvgIpc) is 3.52. The minimum absolute atomic E-state index is 0.0318. The molecule has 1 unspecified atom stereocenters. The summed E-state index contributed by atoms with van der Waals surface area (Å²) in [7, 11) is 0. The van der Waals surface area contributed by atoms with Crippen molar-refractivity contribution in [1.29, 1.82) is 0 Å². The molecule has 3 aromatic carbocycles. The lowest BCUT2D eigenvalue weighted by atomic mass is 10.0. The number of carbonyl (C=O) groups excluding carboxylic acids is 3. The Balaban J connectivity index is 1.41. The highest BCUT2D eigenvalue weighted by Crippen LogP contribution is 2.15. The van der Waals surface area contributed by atoms with Crippen LogP contribution in [0.1, 0.15) is 27.2 Å². The maximum atomic E-state index is 12.5. The van der Waals surface area contributed by atoms with Gasteiger partial charge in [0.15, 0.2) is 5.76 Å². The van der Waals surface area contributed by atoms with Gasteiger partial charge in [-0.3, -0.25) is 15.4 Å². The zero-order valence-electron chi connectivity index (χ0n) is 21.5. The van der Waals surface area contributed by atoms with E-state index in [0.29, 0.717) is 5.69 Å². The molecule has 10 heteroatoms. The highest BCUT2D eigenvalue weighted by Gasteiger charge is 2.19. The van der Waals surface area contributed by atoms with Gasteiger partial charge in [0.2, 0.25) is 11.7 Å². The molecule has 0 bridgehead atoms. The van der Waals surface area contributed by atoms with Crippen LogP contribution in [0.15, 0.2) is 113 Å². The van der Waals surface area contributed by atoms with Gasteiger partial charge in [-0.1, -0.05) is 72.8 Å². The first-order valence-corrected chi connectivity index (χ1v) is 12.4. The number of amides is 2. The third-order valence-electron chi connectivity index (χ3n) is 5.60. The predicted molar refractivity (Wildman–Crippen MR) is 148 cm³/mol. The van der Waals surface area contributed by atoms with Crippen LogP contribution in [-0.2, 0) is 29.1 Å². The second kappa shape index (κ2) is 14.1. The standard InChI is InChI=1S/C30H28N4O6/c31-25(27(35)26-12-7-17-38-26)18-21-13-15-24(16-14-21)32-28(33-29(36)39-19-22-8-3-1-4-9-22)34-30(37)40-20-23-10-5-2-6-11-23/h1-17,25H,18-20,31H2,(H2,32,33,34,36,37). The lowest BCUT2D eigenvalue weighted by Crippen LogP contribution is -2.44. The summed E-state index contributed by atoms with van der Waals surface area (Å²) in [6, 6.07) is 27.5. The topological polar surface area (TPSA) is 145 Å². The Hall–Kier alpha value is -5.22. The molecule has 0 aliphatic heterocycles. The van der Waals surface area contributed by atoms with Crippen molar-refractivity contribution < 1.29 is 28.3 Å². The van der Waals surface area contributed by atoms with Gasteiger partial charge in [0.1, 0.15) is 13.2 Å². The second-order valence-corrected chi connectivity index (χ2v) is 8.65. The number of alkyl carbamates (subject to hydrolysis) is 2. The molecule has 1 aromatic heterocycles. The lowest BCUT2D eigenvalue weighted by molar-refractivity contribution is 0.0933. The summed E-state index contributed by atoms with van der Waals surface area (Å²) in [5.74, 6) is -0.284. The Morgan fingerprint density at radius 2 is 1.27 bits per heavy atom. The Kier molecular flexibility index (Phi) is 9.78. The molecule has 1 atom stereocenters. The number of nitrogens with two attached hydrogens (primary N) is 1. The number of benzene rings is 3. The number of furan rings is 1. The van der Waals surface area contributed by atoms with Crippen molar-refractivity contribution >= 4 is 29.6 Å². The average molecular weight is 541 g/mol. The van der Waals surface area contributed by atoms with E-state index in [1.807, 2.05) is 60.7 Å². The smallest absolute Gasteiger partial charge is 0.414 e. The number of Topliss-reactive ketones (excluding diaryl/α,β-unsaturated/α-hetero) is 1. The van der Waals surface area contributed by atoms with E-state index in [1.54, 1.807) is 36.4 Å². The van der Waals surface area contributed by atoms with E-state index in [2.05, 4.69) is 15.6 Å². The SMILES string of the molecule is NC(Cc1ccc(N=C(NC(=O)OCc2ccccc2)NC(=O)OCc2ccccc2)cc1)C(=O)c1ccco1. The number of ketones is 1. The van der Waals surface area contributed by atoms with Crippen molar-refractivity contribution in [3.8, 4) is 0 Å². The summed E-state index contributed by atoms with van der Waals surface area (Å²) in [4.78, 5) is 41.6. The van der Waals surface area contributed by atoms with Crippen molar-refractivity contribution in [2.45, 2.75) is 25.7 Å². The fraction of sp³-hybridized carbons (Fsp3) is 0.133. The largest absolute Gasteiger partial charge is 0.461 e. The van der Waals surface area contributed by atoms with Gasteiger partial charge < -0.3 is 19.6 Å². The van der Waals surface area contributed by atoms with Crippen LogP contribution in [0.4, 0.5) is 15.3 Å². The third-order valence-corrected chi connectivity index (χ3v) is 5.60. The number of guanidine groups is 1. The van der Waals surface area contributed by atoms with E-state index in [0.717, 1.165) is 16.7 Å². The zero-order valence-corrected chi connectivity index (χ0v) is 21.5. The van der Waals surface area contributed by atoms with Crippen LogP contribution >= 0.6 is 0 Å². The Morgan fingerprint density at radius 1 is 0.725 bits per heavy atom. The van der Waals surface area contributed by atoms with Gasteiger partial charge in [-0.05, 0) is 47.4 Å². The van der Waals surface area contributed by atoms with Crippen LogP contribution < -0.4 is 16.4 Å². The summed E-state index contributed by atoms with van der Waals surface area (Å²) in [5.41, 5.74) is 8.85. The summed E-state index contributed by atoms with van der Waals surface area (Å²) in [5, 5.41) is 4.89. The number of rotatable bonds is 9. The van der Waals surface area contributed by atoms with Gasteiger partial charge in [0.25, 0.3) is 0 Å². The fourth-order valence-electron chi connectivity index (χ4n) is 3.58. The number of hydrogen-bond donors (Lipinski definition) is 3. The Bertz CT molecular complexity index is 1360. The maximum absolute atomic E-state index is 12.5. The van der Waals surface area contributed by atoms with E-state index in [9.17, 15) is 14.4 Å². The molecular formula is C30H28N4O6. The maximum Gasteiger partial charge on any atom is 0.414 e. The summed E-state index contributed by atoms with van der Waals surface area (Å²) in [6.07, 6.45) is 0.0706. The first-order valence-electron chi connectivity index (χ1n) is 12.4. The Labute approximate surface area is 230 Å². The number of ether oxygens (including phenoxy) is 2. The predicted octanol–water partition coefficient (Wildman–Crippen LogP) is 4.87. The normalized spacial score (nSPS) is 11.1. The van der Waals surface area contributed by atoms with Gasteiger partial charge >= 0.3 is 12.2 Å². The molecule has 0 radical (unpaired) electrons. The molecule has 0 saturated heterocycles. The molecule has 1 heterocycles. The molecule has 0 saturated carbocycles. The number of aliphatic imine (C=N–C) groups is 1. The highest BCUT2D eigenvalue weighted by molar-refractivity contribution is 6.02. The number of nitrogens with one attached hydrogen (secondary N) is 2. The van der Waals surface area contributed by atoms with Crippen LogP contribution in [0.3, 0.4) is 0 Å². The highest BCUT2D eigenvalue weighted by atomic mass is 16.6. The molecule has 2 amide bonds. The van der Waals surface area contributed by atoms with Crippen LogP contribution in [0.25, 0.3) is 0 Å². The Morgan fingerprint density at radius 3 is 1.77 bits per heavy atom. The van der Waals surface area contributed by atoms with E-state index in [4.69, 9.17) is 19.6 Å². The van der Waals surface area contributed by atoms with Crippen LogP contribution in [-0.4, -0.2) is 30.0 Å². The second-order valence-electron chi connectivity index (χ2n) is 8.65. The molecule has 0 aliphatic carbocycles. The first-order chi connectivity index (χ1) is 19.5. The van der Waals surface area contributed by atoms with Crippen molar-refractivity contribution in [3.05, 3.63) is 126 Å².